The van der Waals surface area contributed by atoms with Crippen LogP contribution in [0.1, 0.15) is 22.8 Å². The molecule has 1 aromatic carbocycles. The van der Waals surface area contributed by atoms with E-state index in [1.54, 1.807) is 19.1 Å². The zero-order valence-corrected chi connectivity index (χ0v) is 9.23. The van der Waals surface area contributed by atoms with Gasteiger partial charge in [0.1, 0.15) is 0 Å². The first-order valence-corrected chi connectivity index (χ1v) is 5.30. The van der Waals surface area contributed by atoms with E-state index in [1.165, 1.54) is 0 Å². The van der Waals surface area contributed by atoms with Crippen molar-refractivity contribution in [2.24, 2.45) is 5.73 Å². The Hall–Kier alpha value is -1.39. The molecule has 0 unspecified atom stereocenters. The molecule has 2 N–H and O–H groups in total. The van der Waals surface area contributed by atoms with E-state index in [-0.39, 0.29) is 5.97 Å². The average molecular weight is 221 g/mol. The summed E-state index contributed by atoms with van der Waals surface area (Å²) in [6, 6.07) is 7.23. The average Bonchev–Trinajstić information content (AvgIpc) is 2.26. The van der Waals surface area contributed by atoms with Crippen molar-refractivity contribution >= 4 is 5.97 Å². The molecule has 0 radical (unpaired) electrons. The van der Waals surface area contributed by atoms with Gasteiger partial charge in [-0.15, -0.1) is 0 Å². The van der Waals surface area contributed by atoms with Crippen LogP contribution in [0, 0.1) is 0 Å². The third-order valence-electron chi connectivity index (χ3n) is 2.67. The lowest BCUT2D eigenvalue weighted by Crippen LogP contribution is -2.54. The molecule has 1 aliphatic rings. The van der Waals surface area contributed by atoms with E-state index in [2.05, 4.69) is 0 Å². The van der Waals surface area contributed by atoms with Crippen molar-refractivity contribution in [2.75, 3.05) is 19.8 Å². The maximum absolute atomic E-state index is 11.5. The highest BCUT2D eigenvalue weighted by atomic mass is 16.5. The Morgan fingerprint density at radius 3 is 2.88 bits per heavy atom. The smallest absolute Gasteiger partial charge is 0.338 e. The number of nitrogens with two attached hydrogens (primary N) is 1. The summed E-state index contributed by atoms with van der Waals surface area (Å²) in [5, 5.41) is 0. The van der Waals surface area contributed by atoms with Crippen LogP contribution in [0.5, 0.6) is 0 Å². The minimum absolute atomic E-state index is 0.312. The van der Waals surface area contributed by atoms with Crippen molar-refractivity contribution in [3.63, 3.8) is 0 Å². The number of hydrogen-bond donors (Lipinski definition) is 1. The van der Waals surface area contributed by atoms with Crippen molar-refractivity contribution in [2.45, 2.75) is 12.5 Å². The first-order chi connectivity index (χ1) is 7.65. The molecule has 1 aromatic rings. The van der Waals surface area contributed by atoms with E-state index in [1.807, 2.05) is 12.1 Å². The second kappa shape index (κ2) is 4.23. The van der Waals surface area contributed by atoms with Gasteiger partial charge in [0.2, 0.25) is 0 Å². The molecule has 1 fully saturated rings. The molecule has 4 nitrogen and oxygen atoms in total. The first-order valence-electron chi connectivity index (χ1n) is 5.30. The van der Waals surface area contributed by atoms with Crippen LogP contribution in [-0.4, -0.2) is 25.8 Å². The molecule has 0 atom stereocenters. The molecule has 1 saturated heterocycles. The fraction of sp³-hybridized carbons (Fsp3) is 0.417. The lowest BCUT2D eigenvalue weighted by atomic mass is 9.88. The normalized spacial score (nSPS) is 17.6. The lowest BCUT2D eigenvalue weighted by Gasteiger charge is -2.38. The minimum atomic E-state index is -0.442. The van der Waals surface area contributed by atoms with Crippen LogP contribution in [0.4, 0.5) is 0 Å². The van der Waals surface area contributed by atoms with Crippen LogP contribution in [-0.2, 0) is 15.0 Å². The number of carbonyl (C=O) groups is 1. The first kappa shape index (κ1) is 11.1. The Labute approximate surface area is 94.3 Å². The lowest BCUT2D eigenvalue weighted by molar-refractivity contribution is -0.0569. The predicted molar refractivity (Wildman–Crippen MR) is 59.1 cm³/mol. The predicted octanol–water partition coefficient (Wildman–Crippen LogP) is 1.05. The number of benzene rings is 1. The van der Waals surface area contributed by atoms with Crippen LogP contribution in [0.3, 0.4) is 0 Å². The van der Waals surface area contributed by atoms with Crippen LogP contribution in [0.25, 0.3) is 0 Å². The Bertz CT molecular complexity index is 399. The van der Waals surface area contributed by atoms with Gasteiger partial charge in [0.15, 0.2) is 0 Å². The van der Waals surface area contributed by atoms with Gasteiger partial charge in [-0.1, -0.05) is 12.1 Å². The second-order valence-corrected chi connectivity index (χ2v) is 3.95. The van der Waals surface area contributed by atoms with E-state index < -0.39 is 5.54 Å². The topological polar surface area (TPSA) is 61.5 Å². The van der Waals surface area contributed by atoms with Gasteiger partial charge < -0.3 is 15.2 Å². The molecule has 0 aromatic heterocycles. The fourth-order valence-electron chi connectivity index (χ4n) is 1.66. The molecule has 86 valence electrons. The summed E-state index contributed by atoms with van der Waals surface area (Å²) >= 11 is 0. The zero-order chi connectivity index (χ0) is 11.6. The van der Waals surface area contributed by atoms with Gasteiger partial charge in [0, 0.05) is 0 Å². The third kappa shape index (κ3) is 1.94. The van der Waals surface area contributed by atoms with E-state index in [0.29, 0.717) is 25.4 Å². The van der Waals surface area contributed by atoms with E-state index >= 15 is 0 Å². The van der Waals surface area contributed by atoms with Crippen LogP contribution < -0.4 is 5.73 Å². The summed E-state index contributed by atoms with van der Waals surface area (Å²) in [5.74, 6) is -0.312. The molecular formula is C12H15NO3. The van der Waals surface area contributed by atoms with E-state index in [4.69, 9.17) is 15.2 Å². The number of esters is 1. The molecule has 0 amide bonds. The highest BCUT2D eigenvalue weighted by Gasteiger charge is 2.36. The van der Waals surface area contributed by atoms with Crippen LogP contribution in [0.2, 0.25) is 0 Å². The van der Waals surface area contributed by atoms with E-state index in [9.17, 15) is 4.79 Å². The summed E-state index contributed by atoms with van der Waals surface area (Å²) in [6.45, 7) is 3.16. The minimum Gasteiger partial charge on any atom is -0.462 e. The summed E-state index contributed by atoms with van der Waals surface area (Å²) in [4.78, 5) is 11.5. The van der Waals surface area contributed by atoms with Gasteiger partial charge in [0.05, 0.1) is 30.9 Å². The molecule has 0 bridgehead atoms. The molecular weight excluding hydrogens is 206 g/mol. The summed E-state index contributed by atoms with van der Waals surface area (Å²) < 4.78 is 10.0. The van der Waals surface area contributed by atoms with Crippen molar-refractivity contribution < 1.29 is 14.3 Å². The van der Waals surface area contributed by atoms with Gasteiger partial charge in [-0.05, 0) is 24.6 Å². The standard InChI is InChI=1S/C12H15NO3/c1-2-16-11(14)9-4-3-5-10(6-9)12(13)7-15-8-12/h3-6H,2,7-8,13H2,1H3. The second-order valence-electron chi connectivity index (χ2n) is 3.95. The molecule has 0 aliphatic carbocycles. The molecule has 1 aliphatic heterocycles. The maximum atomic E-state index is 11.5. The zero-order valence-electron chi connectivity index (χ0n) is 9.23. The molecule has 0 spiro atoms. The maximum Gasteiger partial charge on any atom is 0.338 e. The summed E-state index contributed by atoms with van der Waals surface area (Å²) in [5.41, 5.74) is 7.11. The third-order valence-corrected chi connectivity index (χ3v) is 2.67. The number of hydrogen-bond acceptors (Lipinski definition) is 4. The van der Waals surface area contributed by atoms with Gasteiger partial charge in [0.25, 0.3) is 0 Å². The fourth-order valence-corrected chi connectivity index (χ4v) is 1.66. The molecule has 1 heterocycles. The van der Waals surface area contributed by atoms with Gasteiger partial charge in [-0.3, -0.25) is 0 Å². The SMILES string of the molecule is CCOC(=O)c1cccc(C2(N)COC2)c1. The largest absolute Gasteiger partial charge is 0.462 e. The summed E-state index contributed by atoms with van der Waals surface area (Å²) in [7, 11) is 0. The van der Waals surface area contributed by atoms with Crippen molar-refractivity contribution in [3.05, 3.63) is 35.4 Å². The number of ether oxygens (including phenoxy) is 2. The summed E-state index contributed by atoms with van der Waals surface area (Å²) in [6.07, 6.45) is 0. The Balaban J connectivity index is 2.22. The highest BCUT2D eigenvalue weighted by molar-refractivity contribution is 5.89. The van der Waals surface area contributed by atoms with Crippen molar-refractivity contribution in [1.82, 2.24) is 0 Å². The molecule has 4 heteroatoms. The highest BCUT2D eigenvalue weighted by Crippen LogP contribution is 2.27. The molecule has 2 rings (SSSR count). The van der Waals surface area contributed by atoms with Crippen LogP contribution in [0.15, 0.2) is 24.3 Å². The number of carbonyl (C=O) groups excluding carboxylic acids is 1. The molecule has 16 heavy (non-hydrogen) atoms. The van der Waals surface area contributed by atoms with E-state index in [0.717, 1.165) is 5.56 Å². The van der Waals surface area contributed by atoms with Crippen molar-refractivity contribution in [1.29, 1.82) is 0 Å². The quantitative estimate of drug-likeness (QED) is 0.775. The van der Waals surface area contributed by atoms with Crippen molar-refractivity contribution in [3.8, 4) is 0 Å². The Morgan fingerprint density at radius 1 is 1.56 bits per heavy atom. The van der Waals surface area contributed by atoms with Crippen LogP contribution >= 0.6 is 0 Å². The Morgan fingerprint density at radius 2 is 2.31 bits per heavy atom. The van der Waals surface area contributed by atoms with Gasteiger partial charge >= 0.3 is 5.97 Å². The van der Waals surface area contributed by atoms with Gasteiger partial charge in [-0.2, -0.15) is 0 Å². The monoisotopic (exact) mass is 221 g/mol. The molecule has 0 saturated carbocycles. The Kier molecular flexibility index (Phi) is 2.94. The number of rotatable bonds is 3. The van der Waals surface area contributed by atoms with Gasteiger partial charge in [-0.25, -0.2) is 4.79 Å².